The molecule has 0 aliphatic heterocycles. The van der Waals surface area contributed by atoms with E-state index >= 15 is 0 Å². The molecule has 0 N–H and O–H groups in total. The van der Waals surface area contributed by atoms with Crippen molar-refractivity contribution in [2.75, 3.05) is 19.8 Å². The van der Waals surface area contributed by atoms with Gasteiger partial charge in [0.25, 0.3) is 0 Å². The van der Waals surface area contributed by atoms with Gasteiger partial charge in [0.1, 0.15) is 6.61 Å². The summed E-state index contributed by atoms with van der Waals surface area (Å²) in [7, 11) is 0. The van der Waals surface area contributed by atoms with Crippen molar-refractivity contribution in [3.63, 3.8) is 0 Å². The van der Waals surface area contributed by atoms with E-state index in [-0.39, 0.29) is 5.97 Å². The van der Waals surface area contributed by atoms with E-state index in [4.69, 9.17) is 14.2 Å². The van der Waals surface area contributed by atoms with E-state index in [0.29, 0.717) is 31.8 Å². The molecule has 1 aromatic rings. The summed E-state index contributed by atoms with van der Waals surface area (Å²) in [6.07, 6.45) is 2.37. The number of rotatable bonds is 8. The fourth-order valence-electron chi connectivity index (χ4n) is 2.26. The molecule has 2 rings (SSSR count). The highest BCUT2D eigenvalue weighted by Crippen LogP contribution is 2.30. The van der Waals surface area contributed by atoms with E-state index < -0.39 is 0 Å². The molecule has 1 aromatic carbocycles. The molecule has 0 heterocycles. The van der Waals surface area contributed by atoms with Gasteiger partial charge in [-0.25, -0.2) is 0 Å². The Labute approximate surface area is 120 Å². The van der Waals surface area contributed by atoms with Gasteiger partial charge in [0.2, 0.25) is 0 Å². The minimum atomic E-state index is -0.255. The van der Waals surface area contributed by atoms with E-state index in [0.717, 1.165) is 19.4 Å². The van der Waals surface area contributed by atoms with E-state index in [2.05, 4.69) is 12.1 Å². The second-order valence-electron chi connectivity index (χ2n) is 5.17. The lowest BCUT2D eigenvalue weighted by atomic mass is 9.83. The monoisotopic (exact) mass is 278 g/mol. The highest BCUT2D eigenvalue weighted by molar-refractivity contribution is 5.65. The van der Waals surface area contributed by atoms with E-state index in [1.165, 1.54) is 12.5 Å². The van der Waals surface area contributed by atoms with Crippen LogP contribution in [0, 0.1) is 5.92 Å². The fourth-order valence-corrected chi connectivity index (χ4v) is 2.26. The van der Waals surface area contributed by atoms with Gasteiger partial charge in [0.05, 0.1) is 25.9 Å². The summed E-state index contributed by atoms with van der Waals surface area (Å²) in [5.41, 5.74) is 1.21. The van der Waals surface area contributed by atoms with Crippen molar-refractivity contribution in [3.8, 4) is 0 Å². The van der Waals surface area contributed by atoms with Crippen LogP contribution in [0.1, 0.15) is 25.3 Å². The van der Waals surface area contributed by atoms with Crippen LogP contribution >= 0.6 is 0 Å². The first-order chi connectivity index (χ1) is 9.74. The van der Waals surface area contributed by atoms with Crippen molar-refractivity contribution in [1.29, 1.82) is 0 Å². The molecule has 0 saturated heterocycles. The van der Waals surface area contributed by atoms with E-state index in [9.17, 15) is 4.79 Å². The van der Waals surface area contributed by atoms with Crippen LogP contribution < -0.4 is 0 Å². The Hall–Kier alpha value is -1.39. The fraction of sp³-hybridized carbons (Fsp3) is 0.562. The molecule has 0 unspecified atom stereocenters. The van der Waals surface area contributed by atoms with Crippen molar-refractivity contribution >= 4 is 5.97 Å². The summed E-state index contributed by atoms with van der Waals surface area (Å²) < 4.78 is 16.1. The number of hydrogen-bond acceptors (Lipinski definition) is 4. The van der Waals surface area contributed by atoms with Crippen LogP contribution in [0.25, 0.3) is 0 Å². The van der Waals surface area contributed by atoms with Gasteiger partial charge in [0.15, 0.2) is 0 Å². The molecule has 0 atom stereocenters. The summed E-state index contributed by atoms with van der Waals surface area (Å²) in [5.74, 6) is 0.340. The third-order valence-corrected chi connectivity index (χ3v) is 3.40. The number of carbonyl (C=O) groups excluding carboxylic acids is 1. The zero-order valence-electron chi connectivity index (χ0n) is 11.9. The minimum absolute atomic E-state index is 0.255. The quantitative estimate of drug-likeness (QED) is 0.541. The normalized spacial score (nSPS) is 21.2. The average Bonchev–Trinajstić information content (AvgIpc) is 2.40. The molecule has 1 aliphatic carbocycles. The molecule has 110 valence electrons. The number of hydrogen-bond donors (Lipinski definition) is 0. The topological polar surface area (TPSA) is 44.8 Å². The Morgan fingerprint density at radius 3 is 2.65 bits per heavy atom. The first-order valence-corrected chi connectivity index (χ1v) is 7.10. The molecule has 1 fully saturated rings. The molecule has 0 radical (unpaired) electrons. The van der Waals surface area contributed by atoms with E-state index in [1.54, 1.807) is 0 Å². The minimum Gasteiger partial charge on any atom is -0.463 e. The van der Waals surface area contributed by atoms with Gasteiger partial charge in [-0.2, -0.15) is 0 Å². The number of carbonyl (C=O) groups is 1. The highest BCUT2D eigenvalue weighted by atomic mass is 16.6. The maximum Gasteiger partial charge on any atom is 0.302 e. The molecule has 0 spiro atoms. The largest absolute Gasteiger partial charge is 0.463 e. The summed E-state index contributed by atoms with van der Waals surface area (Å²) in [4.78, 5) is 10.6. The van der Waals surface area contributed by atoms with Crippen LogP contribution in [-0.4, -0.2) is 31.9 Å². The van der Waals surface area contributed by atoms with Gasteiger partial charge in [-0.15, -0.1) is 0 Å². The van der Waals surface area contributed by atoms with Crippen LogP contribution in [0.4, 0.5) is 0 Å². The van der Waals surface area contributed by atoms with Gasteiger partial charge in [-0.3, -0.25) is 4.79 Å². The van der Waals surface area contributed by atoms with Gasteiger partial charge < -0.3 is 14.2 Å². The predicted molar refractivity (Wildman–Crippen MR) is 75.2 cm³/mol. The van der Waals surface area contributed by atoms with Crippen LogP contribution in [-0.2, 0) is 25.6 Å². The van der Waals surface area contributed by atoms with Gasteiger partial charge in [-0.05, 0) is 24.3 Å². The highest BCUT2D eigenvalue weighted by Gasteiger charge is 2.29. The molecular weight excluding hydrogens is 256 g/mol. The Kier molecular flexibility index (Phi) is 6.02. The molecule has 1 aliphatic rings. The van der Waals surface area contributed by atoms with Crippen LogP contribution in [0.2, 0.25) is 0 Å². The Bertz CT molecular complexity index is 398. The number of esters is 1. The van der Waals surface area contributed by atoms with Crippen molar-refractivity contribution in [3.05, 3.63) is 35.9 Å². The van der Waals surface area contributed by atoms with Crippen LogP contribution in [0.15, 0.2) is 30.3 Å². The van der Waals surface area contributed by atoms with E-state index in [1.807, 2.05) is 18.2 Å². The van der Waals surface area contributed by atoms with Gasteiger partial charge in [-0.1, -0.05) is 30.3 Å². The zero-order chi connectivity index (χ0) is 14.2. The maximum atomic E-state index is 10.6. The molecule has 1 saturated carbocycles. The number of ether oxygens (including phenoxy) is 3. The SMILES string of the molecule is CC(=O)OCCOC1CC(COCc2ccccc2)C1. The smallest absolute Gasteiger partial charge is 0.302 e. The molecule has 20 heavy (non-hydrogen) atoms. The third kappa shape index (κ3) is 5.31. The molecule has 0 bridgehead atoms. The summed E-state index contributed by atoms with van der Waals surface area (Å²) in [6, 6.07) is 10.2. The second-order valence-corrected chi connectivity index (χ2v) is 5.17. The zero-order valence-corrected chi connectivity index (χ0v) is 11.9. The lowest BCUT2D eigenvalue weighted by Gasteiger charge is -2.34. The predicted octanol–water partition coefficient (Wildman–Crippen LogP) is 2.56. The number of benzene rings is 1. The summed E-state index contributed by atoms with van der Waals surface area (Å²) >= 11 is 0. The lowest BCUT2D eigenvalue weighted by molar-refractivity contribution is -0.144. The summed E-state index contributed by atoms with van der Waals surface area (Å²) in [5, 5.41) is 0. The molecule has 4 nitrogen and oxygen atoms in total. The van der Waals surface area contributed by atoms with Crippen molar-refractivity contribution in [1.82, 2.24) is 0 Å². The first kappa shape index (κ1) is 15.0. The lowest BCUT2D eigenvalue weighted by Crippen LogP contribution is -2.35. The standard InChI is InChI=1S/C16H22O4/c1-13(17)19-7-8-20-16-9-15(10-16)12-18-11-14-5-3-2-4-6-14/h2-6,15-16H,7-12H2,1H3. The van der Waals surface area contributed by atoms with Crippen LogP contribution in [0.3, 0.4) is 0 Å². The van der Waals surface area contributed by atoms with Crippen LogP contribution in [0.5, 0.6) is 0 Å². The van der Waals surface area contributed by atoms with Gasteiger partial charge in [0, 0.05) is 6.92 Å². The second kappa shape index (κ2) is 8.02. The average molecular weight is 278 g/mol. The Morgan fingerprint density at radius 1 is 1.20 bits per heavy atom. The molecule has 0 aromatic heterocycles. The first-order valence-electron chi connectivity index (χ1n) is 7.10. The summed E-state index contributed by atoms with van der Waals surface area (Å²) in [6.45, 7) is 3.71. The van der Waals surface area contributed by atoms with Crippen molar-refractivity contribution in [2.24, 2.45) is 5.92 Å². The van der Waals surface area contributed by atoms with Crippen molar-refractivity contribution in [2.45, 2.75) is 32.5 Å². The molecule has 0 amide bonds. The Morgan fingerprint density at radius 2 is 1.95 bits per heavy atom. The molecule has 4 heteroatoms. The van der Waals surface area contributed by atoms with Gasteiger partial charge >= 0.3 is 5.97 Å². The molecular formula is C16H22O4. The Balaban J connectivity index is 1.47. The third-order valence-electron chi connectivity index (χ3n) is 3.40. The van der Waals surface area contributed by atoms with Crippen molar-refractivity contribution < 1.29 is 19.0 Å². The maximum absolute atomic E-state index is 10.6.